The predicted octanol–water partition coefficient (Wildman–Crippen LogP) is 4.61. The summed E-state index contributed by atoms with van der Waals surface area (Å²) in [5.74, 6) is 1.98. The molecule has 0 bridgehead atoms. The van der Waals surface area contributed by atoms with Crippen LogP contribution in [0, 0.1) is 0 Å². The maximum absolute atomic E-state index is 6.06. The smallest absolute Gasteiger partial charge is 0.154 e. The molecule has 0 saturated heterocycles. The van der Waals surface area contributed by atoms with Gasteiger partial charge in [-0.25, -0.2) is 0 Å². The van der Waals surface area contributed by atoms with Crippen molar-refractivity contribution in [3.8, 4) is 17.2 Å². The van der Waals surface area contributed by atoms with Crippen LogP contribution < -0.4 is 15.2 Å². The first-order valence-electron chi connectivity index (χ1n) is 6.16. The van der Waals surface area contributed by atoms with Gasteiger partial charge in [0, 0.05) is 0 Å². The second kappa shape index (κ2) is 6.48. The minimum absolute atomic E-state index is 0.520. The lowest BCUT2D eigenvalue weighted by atomic mass is 10.2. The number of hydrogen-bond acceptors (Lipinski definition) is 3. The molecule has 0 aliphatic heterocycles. The Morgan fingerprint density at radius 3 is 2.42 bits per heavy atom. The van der Waals surface area contributed by atoms with Crippen LogP contribution in [0.25, 0.3) is 0 Å². The third kappa shape index (κ3) is 3.41. The molecule has 0 aromatic heterocycles. The first kappa shape index (κ1) is 13.7. The average molecular weight is 322 g/mol. The molecule has 2 rings (SSSR count). The van der Waals surface area contributed by atoms with E-state index in [4.69, 9.17) is 15.2 Å². The van der Waals surface area contributed by atoms with Gasteiger partial charge in [0.25, 0.3) is 0 Å². The van der Waals surface area contributed by atoms with Gasteiger partial charge in [-0.05, 0) is 46.6 Å². The fraction of sp³-hybridized carbons (Fsp3) is 0.200. The largest absolute Gasteiger partial charge is 0.491 e. The molecule has 0 aliphatic rings. The first-order chi connectivity index (χ1) is 9.22. The summed E-state index contributed by atoms with van der Waals surface area (Å²) in [6.07, 6.45) is 0.939. The molecule has 0 saturated carbocycles. The summed E-state index contributed by atoms with van der Waals surface area (Å²) in [7, 11) is 0. The fourth-order valence-corrected chi connectivity index (χ4v) is 1.96. The van der Waals surface area contributed by atoms with Gasteiger partial charge in [0.2, 0.25) is 0 Å². The molecule has 0 unspecified atom stereocenters. The maximum atomic E-state index is 6.06. The number of rotatable bonds is 5. The van der Waals surface area contributed by atoms with E-state index in [2.05, 4.69) is 22.9 Å². The van der Waals surface area contributed by atoms with E-state index >= 15 is 0 Å². The van der Waals surface area contributed by atoms with Gasteiger partial charge in [-0.3, -0.25) is 0 Å². The summed E-state index contributed by atoms with van der Waals surface area (Å²) >= 11 is 3.44. The number of anilines is 1. The molecule has 0 atom stereocenters. The molecule has 100 valence electrons. The van der Waals surface area contributed by atoms with Gasteiger partial charge in [-0.15, -0.1) is 0 Å². The molecule has 0 fully saturated rings. The Kier molecular flexibility index (Phi) is 4.68. The molecule has 19 heavy (non-hydrogen) atoms. The fourth-order valence-electron chi connectivity index (χ4n) is 1.60. The number of halogens is 1. The second-order valence-electron chi connectivity index (χ2n) is 4.05. The van der Waals surface area contributed by atoms with Crippen molar-refractivity contribution < 1.29 is 9.47 Å². The van der Waals surface area contributed by atoms with Crippen molar-refractivity contribution in [2.75, 3.05) is 12.3 Å². The molecular weight excluding hydrogens is 306 g/mol. The van der Waals surface area contributed by atoms with Crippen molar-refractivity contribution >= 4 is 21.6 Å². The Hall–Kier alpha value is -1.68. The zero-order valence-electron chi connectivity index (χ0n) is 10.7. The van der Waals surface area contributed by atoms with Crippen molar-refractivity contribution in [2.45, 2.75) is 13.3 Å². The van der Waals surface area contributed by atoms with Crippen LogP contribution in [0.15, 0.2) is 46.9 Å². The van der Waals surface area contributed by atoms with Gasteiger partial charge in [-0.1, -0.05) is 25.1 Å². The third-order valence-electron chi connectivity index (χ3n) is 2.54. The predicted molar refractivity (Wildman–Crippen MR) is 80.9 cm³/mol. The highest BCUT2D eigenvalue weighted by atomic mass is 79.9. The standard InChI is InChI=1S/C15H16BrNO2/c1-2-10-18-13-8-5-9-14(15(13)17)19-12-7-4-3-6-11(12)16/h3-9H,2,10,17H2,1H3. The quantitative estimate of drug-likeness (QED) is 0.818. The van der Waals surface area contributed by atoms with Crippen molar-refractivity contribution in [1.82, 2.24) is 0 Å². The molecule has 4 heteroatoms. The van der Waals surface area contributed by atoms with Crippen LogP contribution in [0.1, 0.15) is 13.3 Å². The number of benzene rings is 2. The van der Waals surface area contributed by atoms with Crippen molar-refractivity contribution in [2.24, 2.45) is 0 Å². The van der Waals surface area contributed by atoms with E-state index in [0.717, 1.165) is 16.6 Å². The summed E-state index contributed by atoms with van der Waals surface area (Å²) in [6.45, 7) is 2.69. The Morgan fingerprint density at radius 1 is 1.00 bits per heavy atom. The summed E-state index contributed by atoms with van der Waals surface area (Å²) in [5.41, 5.74) is 6.58. The molecule has 0 amide bonds. The van der Waals surface area contributed by atoms with Crippen LogP contribution in [0.2, 0.25) is 0 Å². The van der Waals surface area contributed by atoms with E-state index in [1.807, 2.05) is 42.5 Å². The normalized spacial score (nSPS) is 10.2. The molecule has 2 aromatic rings. The van der Waals surface area contributed by atoms with E-state index in [1.54, 1.807) is 0 Å². The van der Waals surface area contributed by atoms with Crippen molar-refractivity contribution in [3.05, 3.63) is 46.9 Å². The minimum atomic E-state index is 0.520. The van der Waals surface area contributed by atoms with Crippen molar-refractivity contribution in [1.29, 1.82) is 0 Å². The van der Waals surface area contributed by atoms with Crippen LogP contribution >= 0.6 is 15.9 Å². The summed E-state index contributed by atoms with van der Waals surface area (Å²) in [6, 6.07) is 13.2. The summed E-state index contributed by atoms with van der Waals surface area (Å²) in [5, 5.41) is 0. The highest BCUT2D eigenvalue weighted by Crippen LogP contribution is 2.36. The molecule has 2 N–H and O–H groups in total. The van der Waals surface area contributed by atoms with Crippen molar-refractivity contribution in [3.63, 3.8) is 0 Å². The van der Waals surface area contributed by atoms with Crippen LogP contribution in [-0.2, 0) is 0 Å². The number of ether oxygens (including phenoxy) is 2. The number of nitrogens with two attached hydrogens (primary N) is 1. The Labute approximate surface area is 121 Å². The van der Waals surface area contributed by atoms with Gasteiger partial charge in [-0.2, -0.15) is 0 Å². The monoisotopic (exact) mass is 321 g/mol. The molecule has 3 nitrogen and oxygen atoms in total. The lowest BCUT2D eigenvalue weighted by Crippen LogP contribution is -2.00. The Balaban J connectivity index is 2.23. The number of hydrogen-bond donors (Lipinski definition) is 1. The van der Waals surface area contributed by atoms with E-state index in [1.165, 1.54) is 0 Å². The van der Waals surface area contributed by atoms with Gasteiger partial charge < -0.3 is 15.2 Å². The SMILES string of the molecule is CCCOc1cccc(Oc2ccccc2Br)c1N. The number of nitrogen functional groups attached to an aromatic ring is 1. The summed E-state index contributed by atoms with van der Waals surface area (Å²) < 4.78 is 12.3. The van der Waals surface area contributed by atoms with Crippen LogP contribution in [-0.4, -0.2) is 6.61 Å². The molecule has 0 spiro atoms. The summed E-state index contributed by atoms with van der Waals surface area (Å²) in [4.78, 5) is 0. The number of para-hydroxylation sites is 2. The highest BCUT2D eigenvalue weighted by Gasteiger charge is 2.09. The lowest BCUT2D eigenvalue weighted by molar-refractivity contribution is 0.318. The van der Waals surface area contributed by atoms with E-state index in [0.29, 0.717) is 23.8 Å². The van der Waals surface area contributed by atoms with Gasteiger partial charge in [0.15, 0.2) is 5.75 Å². The van der Waals surface area contributed by atoms with Crippen LogP contribution in [0.5, 0.6) is 17.2 Å². The van der Waals surface area contributed by atoms with Crippen LogP contribution in [0.3, 0.4) is 0 Å². The third-order valence-corrected chi connectivity index (χ3v) is 3.20. The topological polar surface area (TPSA) is 44.5 Å². The molecule has 0 aliphatic carbocycles. The second-order valence-corrected chi connectivity index (χ2v) is 4.90. The zero-order valence-corrected chi connectivity index (χ0v) is 12.3. The van der Waals surface area contributed by atoms with Crippen LogP contribution in [0.4, 0.5) is 5.69 Å². The minimum Gasteiger partial charge on any atom is -0.491 e. The Bertz CT molecular complexity index is 558. The van der Waals surface area contributed by atoms with E-state index in [-0.39, 0.29) is 0 Å². The van der Waals surface area contributed by atoms with Gasteiger partial charge in [0.1, 0.15) is 17.2 Å². The molecule has 0 radical (unpaired) electrons. The maximum Gasteiger partial charge on any atom is 0.154 e. The molecular formula is C15H16BrNO2. The highest BCUT2D eigenvalue weighted by molar-refractivity contribution is 9.10. The zero-order chi connectivity index (χ0) is 13.7. The first-order valence-corrected chi connectivity index (χ1v) is 6.95. The molecule has 0 heterocycles. The van der Waals surface area contributed by atoms with Gasteiger partial charge in [0.05, 0.1) is 11.1 Å². The van der Waals surface area contributed by atoms with E-state index < -0.39 is 0 Å². The Morgan fingerprint density at radius 2 is 1.68 bits per heavy atom. The van der Waals surface area contributed by atoms with Gasteiger partial charge >= 0.3 is 0 Å². The average Bonchev–Trinajstić information content (AvgIpc) is 2.42. The lowest BCUT2D eigenvalue weighted by Gasteiger charge is -2.13. The van der Waals surface area contributed by atoms with E-state index in [9.17, 15) is 0 Å². The molecule has 2 aromatic carbocycles.